The van der Waals surface area contributed by atoms with Gasteiger partial charge in [0.05, 0.1) is 23.8 Å². The standard InChI is InChI=1S/C19H27F5N4O6S/c20-18(21,19(22,23)24)13-34-17-12-25-15(11-26-17)14-4-6-28(7-5-14)35(31,32)10-2-9-33-8-1-3-16(29)27-30/h11-12,14,30H,1-10,13H2,(H,27,29). The summed E-state index contributed by atoms with van der Waals surface area (Å²) < 4.78 is 98.5. The number of hydrogen-bond acceptors (Lipinski definition) is 8. The van der Waals surface area contributed by atoms with E-state index in [1.165, 1.54) is 16.0 Å². The Hall–Kier alpha value is -2.17. The van der Waals surface area contributed by atoms with E-state index in [-0.39, 0.29) is 50.8 Å². The molecule has 0 saturated carbocycles. The second-order valence-corrected chi connectivity index (χ2v) is 9.95. The van der Waals surface area contributed by atoms with Crippen molar-refractivity contribution in [3.05, 3.63) is 18.1 Å². The number of carbonyl (C=O) groups excluding carboxylic acids is 1. The van der Waals surface area contributed by atoms with Gasteiger partial charge in [-0.15, -0.1) is 0 Å². The summed E-state index contributed by atoms with van der Waals surface area (Å²) in [5, 5.41) is 8.37. The maximum absolute atomic E-state index is 12.9. The average Bonchev–Trinajstić information content (AvgIpc) is 2.81. The van der Waals surface area contributed by atoms with E-state index in [0.29, 0.717) is 25.0 Å². The van der Waals surface area contributed by atoms with Crippen LogP contribution in [0.1, 0.15) is 43.7 Å². The molecule has 16 heteroatoms. The Labute approximate surface area is 198 Å². The summed E-state index contributed by atoms with van der Waals surface area (Å²) in [6.45, 7) is -0.972. The van der Waals surface area contributed by atoms with Gasteiger partial charge in [-0.1, -0.05) is 0 Å². The van der Waals surface area contributed by atoms with Crippen molar-refractivity contribution in [1.29, 1.82) is 0 Å². The van der Waals surface area contributed by atoms with Gasteiger partial charge in [0.2, 0.25) is 21.8 Å². The Morgan fingerprint density at radius 2 is 1.77 bits per heavy atom. The van der Waals surface area contributed by atoms with Gasteiger partial charge in [-0.25, -0.2) is 23.2 Å². The second-order valence-electron chi connectivity index (χ2n) is 7.86. The quantitative estimate of drug-likeness (QED) is 0.171. The number of hydroxylamine groups is 1. The van der Waals surface area contributed by atoms with Gasteiger partial charge in [-0.3, -0.25) is 15.0 Å². The number of piperidine rings is 1. The monoisotopic (exact) mass is 534 g/mol. The Balaban J connectivity index is 1.72. The Bertz CT molecular complexity index is 909. The fraction of sp³-hybridized carbons (Fsp3) is 0.737. The van der Waals surface area contributed by atoms with Crippen molar-refractivity contribution in [1.82, 2.24) is 19.8 Å². The van der Waals surface area contributed by atoms with E-state index in [2.05, 4.69) is 14.7 Å². The van der Waals surface area contributed by atoms with E-state index in [0.717, 1.165) is 6.20 Å². The van der Waals surface area contributed by atoms with Crippen LogP contribution in [0, 0.1) is 0 Å². The second kappa shape index (κ2) is 12.7. The van der Waals surface area contributed by atoms with Gasteiger partial charge < -0.3 is 9.47 Å². The number of amides is 1. The van der Waals surface area contributed by atoms with E-state index in [1.807, 2.05) is 0 Å². The molecule has 2 heterocycles. The molecular formula is C19H27F5N4O6S. The fourth-order valence-corrected chi connectivity index (χ4v) is 4.76. The first kappa shape index (κ1) is 29.1. The summed E-state index contributed by atoms with van der Waals surface area (Å²) in [5.74, 6) is -6.28. The van der Waals surface area contributed by atoms with E-state index in [1.54, 1.807) is 0 Å². The molecule has 1 aromatic heterocycles. The number of alkyl halides is 5. The van der Waals surface area contributed by atoms with Crippen LogP contribution in [0.25, 0.3) is 0 Å². The molecule has 0 atom stereocenters. The van der Waals surface area contributed by atoms with Crippen molar-refractivity contribution in [2.45, 2.75) is 50.1 Å². The zero-order valence-electron chi connectivity index (χ0n) is 18.6. The highest BCUT2D eigenvalue weighted by Crippen LogP contribution is 2.35. The number of ether oxygens (including phenoxy) is 2. The molecule has 0 bridgehead atoms. The summed E-state index contributed by atoms with van der Waals surface area (Å²) >= 11 is 0. The molecule has 0 spiro atoms. The van der Waals surface area contributed by atoms with Gasteiger partial charge in [-0.05, 0) is 25.7 Å². The zero-order valence-corrected chi connectivity index (χ0v) is 19.5. The van der Waals surface area contributed by atoms with Crippen molar-refractivity contribution < 1.29 is 49.8 Å². The highest BCUT2D eigenvalue weighted by atomic mass is 32.2. The molecule has 2 N–H and O–H groups in total. The number of nitrogens with one attached hydrogen (secondary N) is 1. The summed E-state index contributed by atoms with van der Waals surface area (Å²) in [4.78, 5) is 18.6. The predicted molar refractivity (Wildman–Crippen MR) is 110 cm³/mol. The molecule has 0 aromatic carbocycles. The summed E-state index contributed by atoms with van der Waals surface area (Å²) in [5.41, 5.74) is 1.96. The van der Waals surface area contributed by atoms with Crippen molar-refractivity contribution in [2.24, 2.45) is 0 Å². The van der Waals surface area contributed by atoms with Gasteiger partial charge in [0, 0.05) is 38.6 Å². The lowest BCUT2D eigenvalue weighted by atomic mass is 9.95. The molecule has 1 saturated heterocycles. The maximum atomic E-state index is 12.9. The Kier molecular flexibility index (Phi) is 10.5. The van der Waals surface area contributed by atoms with Crippen LogP contribution in [-0.4, -0.2) is 84.6 Å². The van der Waals surface area contributed by atoms with Gasteiger partial charge in [0.25, 0.3) is 0 Å². The number of carbonyl (C=O) groups is 1. The van der Waals surface area contributed by atoms with Crippen molar-refractivity contribution in [3.63, 3.8) is 0 Å². The first-order chi connectivity index (χ1) is 16.4. The Morgan fingerprint density at radius 1 is 1.11 bits per heavy atom. The van der Waals surface area contributed by atoms with E-state index >= 15 is 0 Å². The van der Waals surface area contributed by atoms with E-state index in [9.17, 15) is 35.2 Å². The SMILES string of the molecule is O=C(CCCOCCCS(=O)(=O)N1CCC(c2cnc(OCC(F)(F)C(F)(F)F)cn2)CC1)NO. The molecule has 200 valence electrons. The number of sulfonamides is 1. The minimum absolute atomic E-state index is 0.0951. The Morgan fingerprint density at radius 3 is 2.34 bits per heavy atom. The predicted octanol–water partition coefficient (Wildman–Crippen LogP) is 2.25. The molecule has 35 heavy (non-hydrogen) atoms. The zero-order chi connectivity index (χ0) is 26.1. The van der Waals surface area contributed by atoms with Crippen LogP contribution in [0.2, 0.25) is 0 Å². The first-order valence-electron chi connectivity index (χ1n) is 10.7. The van der Waals surface area contributed by atoms with Crippen LogP contribution in [0.4, 0.5) is 22.0 Å². The smallest absolute Gasteiger partial charge is 0.456 e. The van der Waals surface area contributed by atoms with Crippen LogP contribution in [0.15, 0.2) is 12.4 Å². The maximum Gasteiger partial charge on any atom is 0.456 e. The number of halogens is 5. The van der Waals surface area contributed by atoms with E-state index < -0.39 is 40.5 Å². The number of hydrogen-bond donors (Lipinski definition) is 2. The van der Waals surface area contributed by atoms with Gasteiger partial charge in [-0.2, -0.15) is 22.0 Å². The lowest BCUT2D eigenvalue weighted by Gasteiger charge is -2.30. The number of nitrogens with zero attached hydrogens (tertiary/aromatic N) is 3. The lowest BCUT2D eigenvalue weighted by molar-refractivity contribution is -0.290. The highest BCUT2D eigenvalue weighted by Gasteiger charge is 2.58. The summed E-state index contributed by atoms with van der Waals surface area (Å²) in [7, 11) is -3.50. The third-order valence-electron chi connectivity index (χ3n) is 5.24. The molecule has 1 aliphatic heterocycles. The largest absolute Gasteiger partial charge is 0.470 e. The van der Waals surface area contributed by atoms with Crippen LogP contribution in [0.3, 0.4) is 0 Å². The van der Waals surface area contributed by atoms with Gasteiger partial charge >= 0.3 is 12.1 Å². The molecule has 2 rings (SSSR count). The molecule has 0 unspecified atom stereocenters. The molecule has 0 radical (unpaired) electrons. The first-order valence-corrected chi connectivity index (χ1v) is 12.3. The van der Waals surface area contributed by atoms with Gasteiger partial charge in [0.15, 0.2) is 6.61 Å². The number of aromatic nitrogens is 2. The molecule has 1 fully saturated rings. The van der Waals surface area contributed by atoms with Crippen LogP contribution in [0.5, 0.6) is 5.88 Å². The molecule has 1 amide bonds. The molecule has 1 aliphatic rings. The van der Waals surface area contributed by atoms with Crippen molar-refractivity contribution in [2.75, 3.05) is 38.7 Å². The average molecular weight is 535 g/mol. The third kappa shape index (κ3) is 9.09. The number of rotatable bonds is 13. The lowest BCUT2D eigenvalue weighted by Crippen LogP contribution is -2.41. The van der Waals surface area contributed by atoms with E-state index in [4.69, 9.17) is 9.94 Å². The molecular weight excluding hydrogens is 507 g/mol. The minimum atomic E-state index is -5.73. The van der Waals surface area contributed by atoms with Crippen LogP contribution < -0.4 is 10.2 Å². The summed E-state index contributed by atoms with van der Waals surface area (Å²) in [6, 6.07) is 0. The highest BCUT2D eigenvalue weighted by molar-refractivity contribution is 7.89. The molecule has 0 aliphatic carbocycles. The minimum Gasteiger partial charge on any atom is -0.470 e. The molecule has 10 nitrogen and oxygen atoms in total. The normalized spacial score (nSPS) is 16.3. The van der Waals surface area contributed by atoms with Crippen LogP contribution in [-0.2, 0) is 19.6 Å². The van der Waals surface area contributed by atoms with Crippen molar-refractivity contribution in [3.8, 4) is 5.88 Å². The fourth-order valence-electron chi connectivity index (χ4n) is 3.25. The van der Waals surface area contributed by atoms with Gasteiger partial charge in [0.1, 0.15) is 0 Å². The molecule has 1 aromatic rings. The topological polar surface area (TPSA) is 131 Å². The van der Waals surface area contributed by atoms with Crippen molar-refractivity contribution >= 4 is 15.9 Å². The summed E-state index contributed by atoms with van der Waals surface area (Å²) in [6.07, 6.45) is -1.93. The third-order valence-corrected chi connectivity index (χ3v) is 7.19. The van der Waals surface area contributed by atoms with Crippen LogP contribution >= 0.6 is 0 Å².